The summed E-state index contributed by atoms with van der Waals surface area (Å²) in [7, 11) is 6.43. The molecule has 368 valence electrons. The Labute approximate surface area is 393 Å². The average Bonchev–Trinajstić information content (AvgIpc) is 3.79. The van der Waals surface area contributed by atoms with Gasteiger partial charge in [-0.1, -0.05) is 122 Å². The molecule has 3 unspecified atom stereocenters. The highest BCUT2D eigenvalue weighted by Crippen LogP contribution is 2.31. The first-order valence-corrected chi connectivity index (χ1v) is 23.6. The lowest BCUT2D eigenvalue weighted by Crippen LogP contribution is -2.63. The number of benzene rings is 2. The molecule has 3 N–H and O–H groups in total. The molecule has 0 aromatic heterocycles. The van der Waals surface area contributed by atoms with Crippen LogP contribution in [0, 0.1) is 23.7 Å². The van der Waals surface area contributed by atoms with Gasteiger partial charge >= 0.3 is 11.9 Å². The van der Waals surface area contributed by atoms with Crippen LogP contribution in [0.15, 0.2) is 60.7 Å². The highest BCUT2D eigenvalue weighted by molar-refractivity contribution is 5.91. The summed E-state index contributed by atoms with van der Waals surface area (Å²) in [5.74, 6) is -4.53. The monoisotopic (exact) mass is 922 g/mol. The number of hydrogen-bond acceptors (Lipinski definition) is 10. The van der Waals surface area contributed by atoms with Crippen LogP contribution in [0.5, 0.6) is 0 Å². The van der Waals surface area contributed by atoms with E-state index in [1.165, 1.54) is 14.2 Å². The normalized spacial score (nSPS) is 18.6. The molecule has 0 saturated carbocycles. The van der Waals surface area contributed by atoms with Gasteiger partial charge in [-0.3, -0.25) is 28.9 Å². The molecule has 4 amide bonds. The second-order valence-electron chi connectivity index (χ2n) is 18.9. The number of methoxy groups -OCH3 is 2. The van der Waals surface area contributed by atoms with Crippen molar-refractivity contribution >= 4 is 35.6 Å². The first kappa shape index (κ1) is 55.5. The summed E-state index contributed by atoms with van der Waals surface area (Å²) in [5, 5.41) is 15.7. The van der Waals surface area contributed by atoms with Crippen molar-refractivity contribution in [3.63, 3.8) is 0 Å². The molecule has 3 rings (SSSR count). The summed E-state index contributed by atoms with van der Waals surface area (Å²) in [6, 6.07) is 14.6. The number of likely N-dealkylation sites (N-methyl/N-ethyl adjacent to an activating group) is 2. The molecule has 0 aliphatic carbocycles. The van der Waals surface area contributed by atoms with Crippen molar-refractivity contribution in [2.75, 3.05) is 34.9 Å². The van der Waals surface area contributed by atoms with Gasteiger partial charge in [0.2, 0.25) is 23.6 Å². The minimum Gasteiger partial charge on any atom is -0.480 e. The molecule has 2 aromatic rings. The number of hydrogen-bond donors (Lipinski definition) is 3. The number of likely N-dealkylation sites (tertiary alicyclic amines) is 1. The van der Waals surface area contributed by atoms with Crippen LogP contribution in [0.3, 0.4) is 0 Å². The zero-order valence-electron chi connectivity index (χ0n) is 41.7. The number of carboxylic acids is 1. The van der Waals surface area contributed by atoms with E-state index in [1.54, 1.807) is 54.8 Å². The number of nitrogens with zero attached hydrogens (tertiary/aromatic N) is 3. The Bertz CT molecular complexity index is 1880. The Kier molecular flexibility index (Phi) is 21.8. The van der Waals surface area contributed by atoms with E-state index in [0.29, 0.717) is 32.2 Å². The predicted molar refractivity (Wildman–Crippen MR) is 254 cm³/mol. The molecule has 1 fully saturated rings. The Morgan fingerprint density at radius 3 is 1.92 bits per heavy atom. The van der Waals surface area contributed by atoms with Gasteiger partial charge in [-0.25, -0.2) is 4.79 Å². The standard InChI is InChI=1S/C51H79N5O10/c1-14-34(7)44(40(64-12)30-41(57)56-28-22-27-39(56)45(65-13)35(8)46(58)52-38(49(61)62)29-36-23-18-16-19-24-36)54(10)48(60)42(32(3)4)53-47(59)43(33(5)6)55(11)51(9,15-2)50(63)66-31-37-25-20-17-21-26-37/h16-21,23-26,32-35,38-40,42-45H,14-15,22,27-31H2,1-13H3,(H,52,58)(H,53,59)(H,61,62)/t34?,35-,38+,39+,40?,42+,43+,44+,45-,51?/m1/s1. The SMILES string of the molecule is CCC(C)[C@@H](C(CC(=O)N1CCC[C@H]1[C@H](OC)[C@@H](C)C(=O)N[C@@H](Cc1ccccc1)C(=O)O)OC)N(C)C(=O)[C@@H](NC(=O)[C@H](C(C)C)N(C)C(C)(CC)C(=O)OCc1ccccc1)C(C)C. The van der Waals surface area contributed by atoms with Gasteiger partial charge < -0.3 is 39.8 Å². The van der Waals surface area contributed by atoms with Crippen LogP contribution in [0.25, 0.3) is 0 Å². The van der Waals surface area contributed by atoms with Crippen LogP contribution < -0.4 is 10.6 Å². The van der Waals surface area contributed by atoms with E-state index in [1.807, 2.05) is 97.0 Å². The summed E-state index contributed by atoms with van der Waals surface area (Å²) in [6.07, 6.45) is 0.878. The maximum atomic E-state index is 14.7. The van der Waals surface area contributed by atoms with Gasteiger partial charge in [-0.2, -0.15) is 0 Å². The highest BCUT2D eigenvalue weighted by atomic mass is 16.5. The minimum atomic E-state index is -1.15. The van der Waals surface area contributed by atoms with Crippen LogP contribution >= 0.6 is 0 Å². The van der Waals surface area contributed by atoms with Gasteiger partial charge in [0.25, 0.3) is 0 Å². The Morgan fingerprint density at radius 2 is 1.42 bits per heavy atom. The summed E-state index contributed by atoms with van der Waals surface area (Å²) in [4.78, 5) is 88.1. The lowest BCUT2D eigenvalue weighted by molar-refractivity contribution is -0.162. The number of carboxylic acid groups (broad SMARTS) is 1. The van der Waals surface area contributed by atoms with E-state index in [0.717, 1.165) is 11.1 Å². The smallest absolute Gasteiger partial charge is 0.326 e. The molecule has 1 heterocycles. The fourth-order valence-electron chi connectivity index (χ4n) is 9.28. The quantitative estimate of drug-likeness (QED) is 0.0981. The molecular formula is C51H79N5O10. The summed E-state index contributed by atoms with van der Waals surface area (Å²) in [6.45, 7) is 17.4. The number of carbonyl (C=O) groups is 6. The van der Waals surface area contributed by atoms with Crippen molar-refractivity contribution in [3.05, 3.63) is 71.8 Å². The third-order valence-electron chi connectivity index (χ3n) is 13.8. The number of aliphatic carboxylic acids is 1. The highest BCUT2D eigenvalue weighted by Gasteiger charge is 2.46. The van der Waals surface area contributed by atoms with Gasteiger partial charge in [0.05, 0.1) is 42.7 Å². The molecule has 1 saturated heterocycles. The third-order valence-corrected chi connectivity index (χ3v) is 13.8. The zero-order chi connectivity index (χ0) is 49.5. The molecule has 0 spiro atoms. The molecule has 0 radical (unpaired) electrons. The number of rotatable bonds is 26. The van der Waals surface area contributed by atoms with Crippen LogP contribution in [-0.2, 0) is 56.0 Å². The topological polar surface area (TPSA) is 184 Å². The minimum absolute atomic E-state index is 0.0658. The zero-order valence-corrected chi connectivity index (χ0v) is 41.7. The lowest BCUT2D eigenvalue weighted by atomic mass is 9.89. The maximum Gasteiger partial charge on any atom is 0.326 e. The molecule has 1 aliphatic rings. The van der Waals surface area contributed by atoms with E-state index in [-0.39, 0.29) is 49.0 Å². The number of nitrogens with one attached hydrogen (secondary N) is 2. The van der Waals surface area contributed by atoms with Crippen molar-refractivity contribution in [1.82, 2.24) is 25.3 Å². The van der Waals surface area contributed by atoms with Gasteiger partial charge in [-0.15, -0.1) is 0 Å². The van der Waals surface area contributed by atoms with Gasteiger partial charge in [0.1, 0.15) is 24.2 Å². The first-order valence-electron chi connectivity index (χ1n) is 23.6. The fraction of sp³-hybridized carbons (Fsp3) is 0.647. The molecule has 1 aliphatic heterocycles. The Balaban J connectivity index is 1.81. The Hall–Kier alpha value is -4.86. The first-order chi connectivity index (χ1) is 31.2. The van der Waals surface area contributed by atoms with E-state index in [9.17, 15) is 33.9 Å². The molecule has 2 aromatic carbocycles. The second-order valence-corrected chi connectivity index (χ2v) is 18.9. The number of esters is 1. The third kappa shape index (κ3) is 14.1. The second kappa shape index (κ2) is 25.9. The van der Waals surface area contributed by atoms with Crippen molar-refractivity contribution in [2.24, 2.45) is 23.7 Å². The van der Waals surface area contributed by atoms with E-state index in [2.05, 4.69) is 10.6 Å². The number of ether oxygens (including phenoxy) is 3. The number of amides is 4. The maximum absolute atomic E-state index is 14.7. The van der Waals surface area contributed by atoms with Gasteiger partial charge in [-0.05, 0) is 62.1 Å². The summed E-state index contributed by atoms with van der Waals surface area (Å²) >= 11 is 0. The van der Waals surface area contributed by atoms with Gasteiger partial charge in [0, 0.05) is 34.2 Å². The van der Waals surface area contributed by atoms with Crippen molar-refractivity contribution in [3.8, 4) is 0 Å². The van der Waals surface area contributed by atoms with E-state index >= 15 is 0 Å². The van der Waals surface area contributed by atoms with Crippen LogP contribution in [0.4, 0.5) is 0 Å². The van der Waals surface area contributed by atoms with E-state index in [4.69, 9.17) is 14.2 Å². The Morgan fingerprint density at radius 1 is 0.833 bits per heavy atom. The molecule has 66 heavy (non-hydrogen) atoms. The van der Waals surface area contributed by atoms with E-state index < -0.39 is 77.6 Å². The van der Waals surface area contributed by atoms with Crippen molar-refractivity contribution in [1.29, 1.82) is 0 Å². The largest absolute Gasteiger partial charge is 0.480 e. The molecule has 15 nitrogen and oxygen atoms in total. The molecule has 10 atom stereocenters. The average molecular weight is 922 g/mol. The van der Waals surface area contributed by atoms with Crippen molar-refractivity contribution in [2.45, 2.75) is 155 Å². The number of carbonyl (C=O) groups excluding carboxylic acids is 5. The molecule has 15 heteroatoms. The lowest BCUT2D eigenvalue weighted by Gasteiger charge is -2.43. The van der Waals surface area contributed by atoms with Crippen LogP contribution in [-0.4, -0.2) is 138 Å². The molecular weight excluding hydrogens is 843 g/mol. The van der Waals surface area contributed by atoms with Gasteiger partial charge in [0.15, 0.2) is 0 Å². The predicted octanol–water partition coefficient (Wildman–Crippen LogP) is 5.73. The van der Waals surface area contributed by atoms with Crippen LogP contribution in [0.2, 0.25) is 0 Å². The molecule has 0 bridgehead atoms. The van der Waals surface area contributed by atoms with Crippen molar-refractivity contribution < 1.29 is 48.1 Å². The summed E-state index contributed by atoms with van der Waals surface area (Å²) < 4.78 is 17.8. The fourth-order valence-corrected chi connectivity index (χ4v) is 9.28. The summed E-state index contributed by atoms with van der Waals surface area (Å²) in [5.41, 5.74) is 0.471. The van der Waals surface area contributed by atoms with Crippen LogP contribution in [0.1, 0.15) is 106 Å².